The topological polar surface area (TPSA) is 47.3 Å². The van der Waals surface area contributed by atoms with E-state index in [9.17, 15) is 0 Å². The molecule has 0 aliphatic carbocycles. The molecule has 3 N–H and O–H groups in total. The second kappa shape index (κ2) is 7.01. The molecule has 3 nitrogen and oxygen atoms in total. The van der Waals surface area contributed by atoms with Gasteiger partial charge in [-0.05, 0) is 29.7 Å². The molecule has 3 rings (SSSR count). The molecule has 6 heteroatoms. The molecule has 1 aromatic rings. The molecular formula is C15H21ClN2OS2. The zero-order chi connectivity index (χ0) is 14.8. The van der Waals surface area contributed by atoms with Gasteiger partial charge in [-0.25, -0.2) is 0 Å². The molecule has 0 bridgehead atoms. The van der Waals surface area contributed by atoms with E-state index in [1.165, 1.54) is 22.6 Å². The molecule has 0 radical (unpaired) electrons. The zero-order valence-electron chi connectivity index (χ0n) is 12.1. The van der Waals surface area contributed by atoms with E-state index < -0.39 is 0 Å². The Kier molecular flexibility index (Phi) is 5.27. The van der Waals surface area contributed by atoms with Crippen LogP contribution in [0.25, 0.3) is 0 Å². The van der Waals surface area contributed by atoms with E-state index in [0.29, 0.717) is 10.5 Å². The van der Waals surface area contributed by atoms with Crippen molar-refractivity contribution < 1.29 is 4.74 Å². The summed E-state index contributed by atoms with van der Waals surface area (Å²) in [5.41, 5.74) is 5.44. The van der Waals surface area contributed by atoms with Crippen molar-refractivity contribution in [2.75, 3.05) is 18.1 Å². The van der Waals surface area contributed by atoms with Gasteiger partial charge in [0.2, 0.25) is 0 Å². The van der Waals surface area contributed by atoms with E-state index in [2.05, 4.69) is 12.3 Å². The van der Waals surface area contributed by atoms with Gasteiger partial charge >= 0.3 is 0 Å². The van der Waals surface area contributed by atoms with E-state index in [1.54, 1.807) is 0 Å². The molecule has 21 heavy (non-hydrogen) atoms. The van der Waals surface area contributed by atoms with Crippen molar-refractivity contribution in [2.45, 2.75) is 36.3 Å². The van der Waals surface area contributed by atoms with Crippen LogP contribution in [-0.4, -0.2) is 34.7 Å². The Morgan fingerprint density at radius 2 is 2.24 bits per heavy atom. The molecule has 0 saturated carbocycles. The number of thioether (sulfide) groups is 2. The maximum absolute atomic E-state index is 6.25. The van der Waals surface area contributed by atoms with E-state index >= 15 is 0 Å². The van der Waals surface area contributed by atoms with Crippen molar-refractivity contribution in [3.05, 3.63) is 28.3 Å². The zero-order valence-corrected chi connectivity index (χ0v) is 14.5. The highest BCUT2D eigenvalue weighted by atomic mass is 35.5. The Balaban J connectivity index is 1.81. The minimum atomic E-state index is 0.240. The van der Waals surface area contributed by atoms with Crippen LogP contribution in [0.3, 0.4) is 0 Å². The standard InChI is InChI=1S/C15H21ClN2OS2/c1-9-15(21-5-4-20-9)13(18-17)8-11-7-12(16)6-10-2-3-19-14(10)11/h6-7,9,13,15,18H,2-5,8,17H2,1H3. The summed E-state index contributed by atoms with van der Waals surface area (Å²) >= 11 is 10.3. The summed E-state index contributed by atoms with van der Waals surface area (Å²) in [6.07, 6.45) is 1.82. The summed E-state index contributed by atoms with van der Waals surface area (Å²) in [5.74, 6) is 9.31. The Bertz CT molecular complexity index is 515. The van der Waals surface area contributed by atoms with Crippen molar-refractivity contribution >= 4 is 35.1 Å². The Hall–Kier alpha value is -0.0700. The normalized spacial score (nSPS) is 26.2. The number of halogens is 1. The lowest BCUT2D eigenvalue weighted by Gasteiger charge is -2.34. The average molecular weight is 345 g/mol. The highest BCUT2D eigenvalue weighted by Gasteiger charge is 2.31. The van der Waals surface area contributed by atoms with Crippen LogP contribution in [-0.2, 0) is 12.8 Å². The molecular weight excluding hydrogens is 324 g/mol. The van der Waals surface area contributed by atoms with Crippen LogP contribution in [0.2, 0.25) is 5.02 Å². The third-order valence-corrected chi connectivity index (χ3v) is 7.58. The molecule has 1 aromatic carbocycles. The van der Waals surface area contributed by atoms with Gasteiger partial charge in [0.15, 0.2) is 0 Å². The average Bonchev–Trinajstić information content (AvgIpc) is 2.93. The molecule has 2 aliphatic heterocycles. The van der Waals surface area contributed by atoms with E-state index in [0.717, 1.165) is 30.2 Å². The molecule has 0 amide bonds. The number of nitrogens with two attached hydrogens (primary N) is 1. The van der Waals surface area contributed by atoms with Crippen LogP contribution in [0.15, 0.2) is 12.1 Å². The van der Waals surface area contributed by atoms with Gasteiger partial charge in [0.25, 0.3) is 0 Å². The Morgan fingerprint density at radius 3 is 3.00 bits per heavy atom. The fraction of sp³-hybridized carbons (Fsp3) is 0.600. The highest BCUT2D eigenvalue weighted by molar-refractivity contribution is 8.07. The van der Waals surface area contributed by atoms with Crippen molar-refractivity contribution in [2.24, 2.45) is 5.84 Å². The summed E-state index contributed by atoms with van der Waals surface area (Å²) in [4.78, 5) is 0. The van der Waals surface area contributed by atoms with Crippen molar-refractivity contribution in [1.82, 2.24) is 5.43 Å². The van der Waals surface area contributed by atoms with Crippen molar-refractivity contribution in [3.63, 3.8) is 0 Å². The first-order chi connectivity index (χ1) is 10.2. The van der Waals surface area contributed by atoms with Gasteiger partial charge in [0, 0.05) is 39.5 Å². The number of fused-ring (bicyclic) bond motifs is 1. The van der Waals surface area contributed by atoms with Crippen LogP contribution in [0.5, 0.6) is 5.75 Å². The fourth-order valence-electron chi connectivity index (χ4n) is 3.10. The number of rotatable bonds is 4. The number of hydrogen-bond donors (Lipinski definition) is 2. The van der Waals surface area contributed by atoms with Gasteiger partial charge in [-0.3, -0.25) is 11.3 Å². The van der Waals surface area contributed by atoms with Crippen LogP contribution >= 0.6 is 35.1 Å². The van der Waals surface area contributed by atoms with Crippen LogP contribution in [0.4, 0.5) is 0 Å². The third-order valence-electron chi connectivity index (χ3n) is 4.11. The summed E-state index contributed by atoms with van der Waals surface area (Å²) < 4.78 is 5.80. The van der Waals surface area contributed by atoms with Crippen molar-refractivity contribution in [3.8, 4) is 5.75 Å². The molecule has 116 valence electrons. The summed E-state index contributed by atoms with van der Waals surface area (Å²) in [6, 6.07) is 4.29. The largest absolute Gasteiger partial charge is 0.493 e. The number of ether oxygens (including phenoxy) is 1. The maximum Gasteiger partial charge on any atom is 0.125 e. The molecule has 0 spiro atoms. The quantitative estimate of drug-likeness (QED) is 0.649. The fourth-order valence-corrected chi connectivity index (χ4v) is 6.30. The number of benzene rings is 1. The SMILES string of the molecule is CC1SCCSC1C(Cc1cc(Cl)cc2c1OCC2)NN. The van der Waals surface area contributed by atoms with Gasteiger partial charge in [-0.2, -0.15) is 23.5 Å². The smallest absolute Gasteiger partial charge is 0.125 e. The van der Waals surface area contributed by atoms with Crippen LogP contribution < -0.4 is 16.0 Å². The molecule has 3 unspecified atom stereocenters. The van der Waals surface area contributed by atoms with E-state index in [4.69, 9.17) is 22.2 Å². The molecule has 0 aromatic heterocycles. The summed E-state index contributed by atoms with van der Waals surface area (Å²) in [6.45, 7) is 3.05. The highest BCUT2D eigenvalue weighted by Crippen LogP contribution is 2.37. The van der Waals surface area contributed by atoms with E-state index in [1.807, 2.05) is 35.7 Å². The second-order valence-electron chi connectivity index (χ2n) is 5.54. The molecule has 1 fully saturated rings. The predicted octanol–water partition coefficient (Wildman–Crippen LogP) is 2.89. The van der Waals surface area contributed by atoms with E-state index in [-0.39, 0.29) is 6.04 Å². The van der Waals surface area contributed by atoms with Gasteiger partial charge < -0.3 is 4.74 Å². The van der Waals surface area contributed by atoms with Gasteiger partial charge in [0.1, 0.15) is 5.75 Å². The first-order valence-electron chi connectivity index (χ1n) is 7.32. The molecule has 3 atom stereocenters. The maximum atomic E-state index is 6.25. The number of hydrogen-bond acceptors (Lipinski definition) is 5. The minimum absolute atomic E-state index is 0.240. The lowest BCUT2D eigenvalue weighted by molar-refractivity contribution is 0.351. The van der Waals surface area contributed by atoms with Gasteiger partial charge in [-0.1, -0.05) is 18.5 Å². The number of nitrogens with one attached hydrogen (secondary N) is 1. The first-order valence-corrected chi connectivity index (χ1v) is 9.80. The third kappa shape index (κ3) is 3.48. The first kappa shape index (κ1) is 15.8. The number of hydrazine groups is 1. The molecule has 2 heterocycles. The molecule has 1 saturated heterocycles. The predicted molar refractivity (Wildman–Crippen MR) is 93.6 cm³/mol. The van der Waals surface area contributed by atoms with Crippen LogP contribution in [0, 0.1) is 0 Å². The monoisotopic (exact) mass is 344 g/mol. The molecule has 2 aliphatic rings. The summed E-state index contributed by atoms with van der Waals surface area (Å²) in [5, 5.41) is 1.92. The van der Waals surface area contributed by atoms with Gasteiger partial charge in [-0.15, -0.1) is 0 Å². The Labute approximate surface area is 139 Å². The van der Waals surface area contributed by atoms with Gasteiger partial charge in [0.05, 0.1) is 6.61 Å². The second-order valence-corrected chi connectivity index (χ2v) is 8.75. The lowest BCUT2D eigenvalue weighted by Crippen LogP contribution is -2.48. The van der Waals surface area contributed by atoms with Crippen molar-refractivity contribution in [1.29, 1.82) is 0 Å². The minimum Gasteiger partial charge on any atom is -0.493 e. The Morgan fingerprint density at radius 1 is 1.43 bits per heavy atom. The lowest BCUT2D eigenvalue weighted by atomic mass is 9.99. The van der Waals surface area contributed by atoms with Crippen LogP contribution in [0.1, 0.15) is 18.1 Å². The summed E-state index contributed by atoms with van der Waals surface area (Å²) in [7, 11) is 0.